The van der Waals surface area contributed by atoms with Gasteiger partial charge in [0.1, 0.15) is 0 Å². The van der Waals surface area contributed by atoms with Crippen molar-refractivity contribution >= 4 is 11.9 Å². The Morgan fingerprint density at radius 2 is 1.38 bits per heavy atom. The van der Waals surface area contributed by atoms with Crippen LogP contribution in [0.3, 0.4) is 0 Å². The van der Waals surface area contributed by atoms with Crippen LogP contribution in [0.25, 0.3) is 0 Å². The molecule has 0 aliphatic carbocycles. The van der Waals surface area contributed by atoms with E-state index in [-0.39, 0.29) is 6.42 Å². The van der Waals surface area contributed by atoms with E-state index >= 15 is 0 Å². The number of rotatable bonds is 18. The monoisotopic (exact) mass is 370 g/mol. The number of hydrogen-bond donors (Lipinski definition) is 2. The van der Waals surface area contributed by atoms with Crippen LogP contribution in [0.5, 0.6) is 0 Å². The fraction of sp³-hybridized carbons (Fsp3) is 0.909. The van der Waals surface area contributed by atoms with E-state index in [9.17, 15) is 14.7 Å². The highest BCUT2D eigenvalue weighted by atomic mass is 16.4. The van der Waals surface area contributed by atoms with Crippen molar-refractivity contribution < 1.29 is 19.8 Å². The van der Waals surface area contributed by atoms with Gasteiger partial charge in [0.15, 0.2) is 0 Å². The van der Waals surface area contributed by atoms with Crippen LogP contribution < -0.4 is 0 Å². The molecule has 2 N–H and O–H groups in total. The normalized spacial score (nSPS) is 14.7. The third-order valence-electron chi connectivity index (χ3n) is 5.56. The molecule has 2 unspecified atom stereocenters. The van der Waals surface area contributed by atoms with Gasteiger partial charge in [-0.05, 0) is 32.1 Å². The number of aliphatic carboxylic acids is 2. The van der Waals surface area contributed by atoms with Crippen molar-refractivity contribution in [3.63, 3.8) is 0 Å². The molecule has 0 amide bonds. The largest absolute Gasteiger partial charge is 0.481 e. The minimum atomic E-state index is -0.748. The zero-order chi connectivity index (χ0) is 19.8. The number of unbranched alkanes of at least 4 members (excludes halogenated alkanes) is 7. The van der Waals surface area contributed by atoms with Gasteiger partial charge in [0.05, 0.1) is 5.41 Å². The van der Waals surface area contributed by atoms with Gasteiger partial charge in [0.2, 0.25) is 0 Å². The Morgan fingerprint density at radius 3 is 1.96 bits per heavy atom. The molecule has 0 aliphatic heterocycles. The van der Waals surface area contributed by atoms with E-state index < -0.39 is 17.4 Å². The maximum atomic E-state index is 11.9. The van der Waals surface area contributed by atoms with Crippen LogP contribution in [0.2, 0.25) is 0 Å². The Balaban J connectivity index is 4.47. The van der Waals surface area contributed by atoms with Gasteiger partial charge in [-0.15, -0.1) is 0 Å². The third-order valence-corrected chi connectivity index (χ3v) is 5.56. The lowest BCUT2D eigenvalue weighted by atomic mass is 9.74. The molecule has 26 heavy (non-hydrogen) atoms. The predicted molar refractivity (Wildman–Crippen MR) is 107 cm³/mol. The number of carboxylic acid groups (broad SMARTS) is 2. The topological polar surface area (TPSA) is 74.6 Å². The lowest BCUT2D eigenvalue weighted by Gasteiger charge is -2.30. The SMILES string of the molecule is CCCCCCC(CCCC)CC(C)(CCCCCCC(=O)O)C(=O)O. The molecule has 0 saturated carbocycles. The summed E-state index contributed by atoms with van der Waals surface area (Å²) in [4.78, 5) is 22.5. The van der Waals surface area contributed by atoms with E-state index in [1.165, 1.54) is 38.5 Å². The van der Waals surface area contributed by atoms with Crippen LogP contribution in [-0.4, -0.2) is 22.2 Å². The molecule has 0 aromatic heterocycles. The van der Waals surface area contributed by atoms with E-state index in [1.54, 1.807) is 0 Å². The van der Waals surface area contributed by atoms with Crippen LogP contribution in [0.15, 0.2) is 0 Å². The minimum absolute atomic E-state index is 0.215. The molecule has 0 saturated heterocycles. The summed E-state index contributed by atoms with van der Waals surface area (Å²) in [5, 5.41) is 18.5. The number of carbonyl (C=O) groups is 2. The molecular weight excluding hydrogens is 328 g/mol. The molecule has 0 fully saturated rings. The van der Waals surface area contributed by atoms with Crippen molar-refractivity contribution in [2.45, 2.75) is 117 Å². The fourth-order valence-corrected chi connectivity index (χ4v) is 3.78. The molecule has 0 radical (unpaired) electrons. The zero-order valence-corrected chi connectivity index (χ0v) is 17.4. The standard InChI is InChI=1S/C22H42O4/c1-4-6-8-11-15-19(14-7-5-2)18-22(3,21(25)26)17-13-10-9-12-16-20(23)24/h19H,4-18H2,1-3H3,(H,23,24)(H,25,26). The Kier molecular flexibility index (Phi) is 14.4. The van der Waals surface area contributed by atoms with Crippen molar-refractivity contribution in [1.29, 1.82) is 0 Å². The molecule has 4 heteroatoms. The summed E-state index contributed by atoms with van der Waals surface area (Å²) in [6.45, 7) is 6.33. The molecule has 0 heterocycles. The quantitative estimate of drug-likeness (QED) is 0.264. The van der Waals surface area contributed by atoms with Crippen molar-refractivity contribution in [2.24, 2.45) is 11.3 Å². The second kappa shape index (κ2) is 15.0. The fourth-order valence-electron chi connectivity index (χ4n) is 3.78. The Hall–Kier alpha value is -1.06. The second-order valence-corrected chi connectivity index (χ2v) is 8.24. The molecule has 2 atom stereocenters. The highest BCUT2D eigenvalue weighted by molar-refractivity contribution is 5.74. The third kappa shape index (κ3) is 12.3. The first-order valence-corrected chi connectivity index (χ1v) is 10.8. The van der Waals surface area contributed by atoms with Crippen molar-refractivity contribution in [1.82, 2.24) is 0 Å². The molecule has 0 rings (SSSR count). The van der Waals surface area contributed by atoms with Gasteiger partial charge < -0.3 is 10.2 Å². The summed E-state index contributed by atoms with van der Waals surface area (Å²) in [7, 11) is 0. The first kappa shape index (κ1) is 24.9. The van der Waals surface area contributed by atoms with Crippen LogP contribution in [0.1, 0.15) is 117 Å². The summed E-state index contributed by atoms with van der Waals surface area (Å²) >= 11 is 0. The highest BCUT2D eigenvalue weighted by Gasteiger charge is 2.34. The van der Waals surface area contributed by atoms with Gasteiger partial charge in [-0.3, -0.25) is 9.59 Å². The molecule has 4 nitrogen and oxygen atoms in total. The smallest absolute Gasteiger partial charge is 0.309 e. The average Bonchev–Trinajstić information content (AvgIpc) is 2.59. The van der Waals surface area contributed by atoms with Gasteiger partial charge in [-0.2, -0.15) is 0 Å². The molecule has 0 aromatic rings. The lowest BCUT2D eigenvalue weighted by Crippen LogP contribution is -2.30. The average molecular weight is 371 g/mol. The molecule has 0 bridgehead atoms. The molecule has 0 aliphatic rings. The maximum absolute atomic E-state index is 11.9. The van der Waals surface area contributed by atoms with Gasteiger partial charge in [0, 0.05) is 6.42 Å². The van der Waals surface area contributed by atoms with Gasteiger partial charge in [0.25, 0.3) is 0 Å². The zero-order valence-electron chi connectivity index (χ0n) is 17.4. The summed E-state index contributed by atoms with van der Waals surface area (Å²) in [5.74, 6) is -0.903. The Morgan fingerprint density at radius 1 is 0.808 bits per heavy atom. The molecule has 0 aromatic carbocycles. The Labute approximate surface area is 160 Å². The van der Waals surface area contributed by atoms with Crippen molar-refractivity contribution in [2.75, 3.05) is 0 Å². The first-order valence-electron chi connectivity index (χ1n) is 10.8. The lowest BCUT2D eigenvalue weighted by molar-refractivity contribution is -0.149. The summed E-state index contributed by atoms with van der Waals surface area (Å²) in [6.07, 6.45) is 14.7. The molecule has 154 valence electrons. The van der Waals surface area contributed by atoms with Crippen LogP contribution >= 0.6 is 0 Å². The summed E-state index contributed by atoms with van der Waals surface area (Å²) in [5.41, 5.74) is -0.643. The van der Waals surface area contributed by atoms with Crippen molar-refractivity contribution in [3.05, 3.63) is 0 Å². The summed E-state index contributed by atoms with van der Waals surface area (Å²) < 4.78 is 0. The Bertz CT molecular complexity index is 380. The van der Waals surface area contributed by atoms with Gasteiger partial charge >= 0.3 is 11.9 Å². The maximum Gasteiger partial charge on any atom is 0.309 e. The van der Waals surface area contributed by atoms with Crippen LogP contribution in [0, 0.1) is 11.3 Å². The molecular formula is C22H42O4. The van der Waals surface area contributed by atoms with Gasteiger partial charge in [-0.1, -0.05) is 84.5 Å². The van der Waals surface area contributed by atoms with E-state index in [4.69, 9.17) is 5.11 Å². The minimum Gasteiger partial charge on any atom is -0.481 e. The number of carboxylic acids is 2. The van der Waals surface area contributed by atoms with E-state index in [0.717, 1.165) is 38.5 Å². The van der Waals surface area contributed by atoms with Crippen LogP contribution in [-0.2, 0) is 9.59 Å². The first-order chi connectivity index (χ1) is 12.4. The van der Waals surface area contributed by atoms with Crippen molar-refractivity contribution in [3.8, 4) is 0 Å². The van der Waals surface area contributed by atoms with Crippen LogP contribution in [0.4, 0.5) is 0 Å². The highest BCUT2D eigenvalue weighted by Crippen LogP contribution is 2.36. The van der Waals surface area contributed by atoms with Gasteiger partial charge in [-0.25, -0.2) is 0 Å². The van der Waals surface area contributed by atoms with E-state index in [0.29, 0.717) is 18.8 Å². The second-order valence-electron chi connectivity index (χ2n) is 8.24. The van der Waals surface area contributed by atoms with E-state index in [1.807, 2.05) is 6.92 Å². The summed E-state index contributed by atoms with van der Waals surface area (Å²) in [6, 6.07) is 0. The predicted octanol–water partition coefficient (Wildman–Crippen LogP) is 6.67. The molecule has 0 spiro atoms. The number of hydrogen-bond acceptors (Lipinski definition) is 2. The van der Waals surface area contributed by atoms with E-state index in [2.05, 4.69) is 13.8 Å².